The van der Waals surface area contributed by atoms with Gasteiger partial charge < -0.3 is 20.7 Å². The molecule has 0 aliphatic rings. The van der Waals surface area contributed by atoms with Crippen LogP contribution in [-0.2, 0) is 21.9 Å². The number of rotatable bonds is 7. The second kappa shape index (κ2) is 9.79. The standard InChI is InChI=1S/C20H19F6N3O3/c1-11-3-4-16(32-2)15(5-11)29-18(31)10-28-17(30)9-27-14-7-12(19(21,22)23)6-13(8-14)20(24,25)26/h3-8,27H,9-10H2,1-2H3,(H,28,30)(H,29,31). The molecule has 0 heterocycles. The number of amides is 2. The highest BCUT2D eigenvalue weighted by molar-refractivity contribution is 5.96. The third-order valence-corrected chi connectivity index (χ3v) is 4.12. The van der Waals surface area contributed by atoms with Gasteiger partial charge in [0.15, 0.2) is 0 Å². The van der Waals surface area contributed by atoms with E-state index in [0.717, 1.165) is 5.56 Å². The van der Waals surface area contributed by atoms with Crippen LogP contribution < -0.4 is 20.7 Å². The summed E-state index contributed by atoms with van der Waals surface area (Å²) in [5.74, 6) is -1.04. The first kappa shape index (κ1) is 24.8. The molecule has 0 aliphatic heterocycles. The number of hydrogen-bond acceptors (Lipinski definition) is 4. The number of anilines is 2. The van der Waals surface area contributed by atoms with E-state index in [2.05, 4.69) is 16.0 Å². The second-order valence-corrected chi connectivity index (χ2v) is 6.68. The highest BCUT2D eigenvalue weighted by atomic mass is 19.4. The molecule has 0 saturated heterocycles. The van der Waals surface area contributed by atoms with E-state index in [-0.39, 0.29) is 6.07 Å². The maximum atomic E-state index is 12.9. The molecule has 2 aromatic rings. The van der Waals surface area contributed by atoms with E-state index in [0.29, 0.717) is 23.6 Å². The van der Waals surface area contributed by atoms with E-state index < -0.39 is 54.1 Å². The van der Waals surface area contributed by atoms with E-state index in [1.807, 2.05) is 0 Å². The Morgan fingerprint density at radius 2 is 1.47 bits per heavy atom. The molecular formula is C20H19F6N3O3. The normalized spacial score (nSPS) is 11.6. The number of carbonyl (C=O) groups excluding carboxylic acids is 2. The number of alkyl halides is 6. The van der Waals surface area contributed by atoms with Crippen molar-refractivity contribution in [1.29, 1.82) is 0 Å². The first-order valence-electron chi connectivity index (χ1n) is 9.04. The molecule has 2 rings (SSSR count). The molecule has 3 N–H and O–H groups in total. The van der Waals surface area contributed by atoms with Crippen LogP contribution in [0.1, 0.15) is 16.7 Å². The highest BCUT2D eigenvalue weighted by Gasteiger charge is 2.36. The number of halogens is 6. The van der Waals surface area contributed by atoms with Crippen molar-refractivity contribution < 1.29 is 40.7 Å². The molecule has 0 spiro atoms. The topological polar surface area (TPSA) is 79.5 Å². The van der Waals surface area contributed by atoms with Gasteiger partial charge in [-0.15, -0.1) is 0 Å². The molecule has 174 valence electrons. The lowest BCUT2D eigenvalue weighted by atomic mass is 10.1. The average molecular weight is 463 g/mol. The zero-order valence-electron chi connectivity index (χ0n) is 16.9. The fraction of sp³-hybridized carbons (Fsp3) is 0.300. The molecule has 12 heteroatoms. The number of ether oxygens (including phenoxy) is 1. The summed E-state index contributed by atoms with van der Waals surface area (Å²) < 4.78 is 82.4. The van der Waals surface area contributed by atoms with Gasteiger partial charge in [0, 0.05) is 5.69 Å². The van der Waals surface area contributed by atoms with Gasteiger partial charge in [0.1, 0.15) is 5.75 Å². The van der Waals surface area contributed by atoms with Crippen LogP contribution in [-0.4, -0.2) is 32.0 Å². The Hall–Kier alpha value is -3.44. The van der Waals surface area contributed by atoms with Crippen LogP contribution in [0.15, 0.2) is 36.4 Å². The number of nitrogens with one attached hydrogen (secondary N) is 3. The molecule has 2 aromatic carbocycles. The van der Waals surface area contributed by atoms with E-state index in [9.17, 15) is 35.9 Å². The van der Waals surface area contributed by atoms with Crippen LogP contribution in [0.3, 0.4) is 0 Å². The van der Waals surface area contributed by atoms with Gasteiger partial charge in [0.05, 0.1) is 37.0 Å². The maximum Gasteiger partial charge on any atom is 0.416 e. The van der Waals surface area contributed by atoms with Crippen LogP contribution in [0.5, 0.6) is 5.75 Å². The Morgan fingerprint density at radius 1 is 0.875 bits per heavy atom. The molecule has 0 atom stereocenters. The largest absolute Gasteiger partial charge is 0.495 e. The third kappa shape index (κ3) is 7.06. The van der Waals surface area contributed by atoms with Crippen LogP contribution in [0.25, 0.3) is 0 Å². The summed E-state index contributed by atoms with van der Waals surface area (Å²) in [5.41, 5.74) is -2.36. The fourth-order valence-corrected chi connectivity index (χ4v) is 2.59. The van der Waals surface area contributed by atoms with E-state index >= 15 is 0 Å². The molecule has 0 saturated carbocycles. The van der Waals surface area contributed by atoms with Crippen molar-refractivity contribution >= 4 is 23.2 Å². The third-order valence-electron chi connectivity index (χ3n) is 4.12. The first-order valence-corrected chi connectivity index (χ1v) is 9.04. The monoisotopic (exact) mass is 463 g/mol. The summed E-state index contributed by atoms with van der Waals surface area (Å²) >= 11 is 0. The summed E-state index contributed by atoms with van der Waals surface area (Å²) in [7, 11) is 1.41. The minimum Gasteiger partial charge on any atom is -0.495 e. The van der Waals surface area contributed by atoms with Gasteiger partial charge in [-0.25, -0.2) is 0 Å². The van der Waals surface area contributed by atoms with Gasteiger partial charge in [0.2, 0.25) is 11.8 Å². The van der Waals surface area contributed by atoms with Gasteiger partial charge in [-0.2, -0.15) is 26.3 Å². The van der Waals surface area contributed by atoms with E-state index in [4.69, 9.17) is 4.74 Å². The summed E-state index contributed by atoms with van der Waals surface area (Å²) in [6.07, 6.45) is -10.0. The van der Waals surface area contributed by atoms with Gasteiger partial charge in [-0.3, -0.25) is 9.59 Å². The number of methoxy groups -OCH3 is 1. The minimum absolute atomic E-state index is 0.0187. The van der Waals surface area contributed by atoms with Gasteiger partial charge in [-0.1, -0.05) is 6.07 Å². The number of hydrogen-bond donors (Lipinski definition) is 3. The van der Waals surface area contributed by atoms with Gasteiger partial charge in [0.25, 0.3) is 0 Å². The van der Waals surface area contributed by atoms with Crippen molar-refractivity contribution in [1.82, 2.24) is 5.32 Å². The van der Waals surface area contributed by atoms with Crippen molar-refractivity contribution in [3.05, 3.63) is 53.1 Å². The van der Waals surface area contributed by atoms with Crippen molar-refractivity contribution in [3.8, 4) is 5.75 Å². The molecule has 0 bridgehead atoms. The highest BCUT2D eigenvalue weighted by Crippen LogP contribution is 2.37. The smallest absolute Gasteiger partial charge is 0.416 e. The van der Waals surface area contributed by atoms with Crippen molar-refractivity contribution in [2.45, 2.75) is 19.3 Å². The molecule has 2 amide bonds. The molecule has 0 radical (unpaired) electrons. The molecular weight excluding hydrogens is 444 g/mol. The lowest BCUT2D eigenvalue weighted by Crippen LogP contribution is -2.36. The maximum absolute atomic E-state index is 12.9. The first-order chi connectivity index (χ1) is 14.8. The second-order valence-electron chi connectivity index (χ2n) is 6.68. The summed E-state index contributed by atoms with van der Waals surface area (Å²) in [6, 6.07) is 5.94. The van der Waals surface area contributed by atoms with E-state index in [1.165, 1.54) is 7.11 Å². The van der Waals surface area contributed by atoms with Crippen LogP contribution in [0.2, 0.25) is 0 Å². The SMILES string of the molecule is COc1ccc(C)cc1NC(=O)CNC(=O)CNc1cc(C(F)(F)F)cc(C(F)(F)F)c1. The van der Waals surface area contributed by atoms with Crippen LogP contribution in [0.4, 0.5) is 37.7 Å². The number of carbonyl (C=O) groups is 2. The Labute approximate surface area is 178 Å². The summed E-state index contributed by atoms with van der Waals surface area (Å²) in [5, 5.41) is 6.95. The molecule has 0 fully saturated rings. The fourth-order valence-electron chi connectivity index (χ4n) is 2.59. The Morgan fingerprint density at radius 3 is 2.00 bits per heavy atom. The minimum atomic E-state index is -5.01. The molecule has 32 heavy (non-hydrogen) atoms. The van der Waals surface area contributed by atoms with Crippen LogP contribution in [0, 0.1) is 6.92 Å². The van der Waals surface area contributed by atoms with Gasteiger partial charge in [-0.05, 0) is 42.8 Å². The quantitative estimate of drug-likeness (QED) is 0.538. The zero-order valence-corrected chi connectivity index (χ0v) is 16.9. The average Bonchev–Trinajstić information content (AvgIpc) is 2.69. The predicted molar refractivity (Wildman–Crippen MR) is 104 cm³/mol. The van der Waals surface area contributed by atoms with Crippen molar-refractivity contribution in [2.75, 3.05) is 30.8 Å². The predicted octanol–water partition coefficient (Wildman–Crippen LogP) is 4.21. The lowest BCUT2D eigenvalue weighted by Gasteiger charge is -2.15. The van der Waals surface area contributed by atoms with Crippen molar-refractivity contribution in [3.63, 3.8) is 0 Å². The van der Waals surface area contributed by atoms with E-state index in [1.54, 1.807) is 25.1 Å². The molecule has 6 nitrogen and oxygen atoms in total. The number of benzene rings is 2. The number of aryl methyl sites for hydroxylation is 1. The Balaban J connectivity index is 1.97. The lowest BCUT2D eigenvalue weighted by molar-refractivity contribution is -0.143. The Bertz CT molecular complexity index is 957. The summed E-state index contributed by atoms with van der Waals surface area (Å²) in [4.78, 5) is 23.9. The van der Waals surface area contributed by atoms with Gasteiger partial charge >= 0.3 is 12.4 Å². The van der Waals surface area contributed by atoms with Crippen molar-refractivity contribution in [2.24, 2.45) is 0 Å². The molecule has 0 aliphatic carbocycles. The zero-order chi connectivity index (χ0) is 24.1. The summed E-state index contributed by atoms with van der Waals surface area (Å²) in [6.45, 7) is 0.661. The Kier molecular flexibility index (Phi) is 7.60. The molecule has 0 aromatic heterocycles. The molecule has 0 unspecified atom stereocenters. The van der Waals surface area contributed by atoms with Crippen LogP contribution >= 0.6 is 0 Å².